The molecule has 0 saturated heterocycles. The van der Waals surface area contributed by atoms with Crippen molar-refractivity contribution in [3.8, 4) is 0 Å². The molecule has 1 aromatic rings. The van der Waals surface area contributed by atoms with Gasteiger partial charge in [0.05, 0.1) is 5.69 Å². The first kappa shape index (κ1) is 16.7. The van der Waals surface area contributed by atoms with Gasteiger partial charge in [0.25, 0.3) is 0 Å². The predicted octanol–water partition coefficient (Wildman–Crippen LogP) is 3.05. The summed E-state index contributed by atoms with van der Waals surface area (Å²) in [6.45, 7) is 3.75. The number of rotatable bonds is 5. The molecule has 3 N–H and O–H groups in total. The molecule has 0 aromatic heterocycles. The lowest BCUT2D eigenvalue weighted by Gasteiger charge is -2.17. The molecule has 1 atom stereocenters. The SMILES string of the molecule is CC(C)C[C@@H](NC(=O)Nc1ccc(F)cc1I)C(=O)O. The fourth-order valence-corrected chi connectivity index (χ4v) is 2.21. The molecule has 0 aliphatic heterocycles. The first-order valence-corrected chi connectivity index (χ1v) is 7.13. The summed E-state index contributed by atoms with van der Waals surface area (Å²) in [7, 11) is 0. The summed E-state index contributed by atoms with van der Waals surface area (Å²) in [4.78, 5) is 22.8. The summed E-state index contributed by atoms with van der Waals surface area (Å²) in [5.74, 6) is -1.34. The van der Waals surface area contributed by atoms with Gasteiger partial charge < -0.3 is 15.7 Å². The Morgan fingerprint density at radius 3 is 2.55 bits per heavy atom. The molecule has 0 unspecified atom stereocenters. The molecular formula is C13H16FIN2O3. The van der Waals surface area contributed by atoms with Gasteiger partial charge in [-0.2, -0.15) is 0 Å². The Kier molecular flexibility index (Phi) is 6.18. The van der Waals surface area contributed by atoms with Crippen molar-refractivity contribution in [2.75, 3.05) is 5.32 Å². The Morgan fingerprint density at radius 1 is 1.40 bits per heavy atom. The van der Waals surface area contributed by atoms with E-state index in [9.17, 15) is 14.0 Å². The summed E-state index contributed by atoms with van der Waals surface area (Å²) < 4.78 is 13.5. The van der Waals surface area contributed by atoms with Gasteiger partial charge in [0.15, 0.2) is 0 Å². The lowest BCUT2D eigenvalue weighted by Crippen LogP contribution is -2.43. The zero-order valence-electron chi connectivity index (χ0n) is 11.1. The van der Waals surface area contributed by atoms with Crippen LogP contribution >= 0.6 is 22.6 Å². The van der Waals surface area contributed by atoms with Gasteiger partial charge >= 0.3 is 12.0 Å². The van der Waals surface area contributed by atoms with Crippen LogP contribution in [0, 0.1) is 15.3 Å². The molecule has 0 spiro atoms. The Labute approximate surface area is 130 Å². The van der Waals surface area contributed by atoms with E-state index in [2.05, 4.69) is 10.6 Å². The standard InChI is InChI=1S/C13H16FIN2O3/c1-7(2)5-11(12(18)19)17-13(20)16-10-4-3-8(14)6-9(10)15/h3-4,6-7,11H,5H2,1-2H3,(H,18,19)(H2,16,17,20)/t11-/m1/s1. The Bertz CT molecular complexity index is 508. The van der Waals surface area contributed by atoms with E-state index in [4.69, 9.17) is 5.11 Å². The highest BCUT2D eigenvalue weighted by Gasteiger charge is 2.21. The first-order valence-electron chi connectivity index (χ1n) is 6.05. The molecular weight excluding hydrogens is 378 g/mol. The lowest BCUT2D eigenvalue weighted by atomic mass is 10.0. The maximum Gasteiger partial charge on any atom is 0.326 e. The highest BCUT2D eigenvalue weighted by Crippen LogP contribution is 2.19. The molecule has 0 heterocycles. The monoisotopic (exact) mass is 394 g/mol. The van der Waals surface area contributed by atoms with Crippen LogP contribution in [0.5, 0.6) is 0 Å². The summed E-state index contributed by atoms with van der Waals surface area (Å²) in [6, 6.07) is 2.35. The van der Waals surface area contributed by atoms with Crippen molar-refractivity contribution in [2.45, 2.75) is 26.3 Å². The van der Waals surface area contributed by atoms with E-state index in [0.29, 0.717) is 15.7 Å². The van der Waals surface area contributed by atoms with Gasteiger partial charge in [-0.05, 0) is 53.1 Å². The van der Waals surface area contributed by atoms with E-state index in [1.165, 1.54) is 18.2 Å². The van der Waals surface area contributed by atoms with Crippen LogP contribution in [0.25, 0.3) is 0 Å². The van der Waals surface area contributed by atoms with Crippen molar-refractivity contribution in [3.63, 3.8) is 0 Å². The number of urea groups is 1. The average Bonchev–Trinajstić information content (AvgIpc) is 2.31. The smallest absolute Gasteiger partial charge is 0.326 e. The molecule has 0 aliphatic carbocycles. The van der Waals surface area contributed by atoms with Crippen molar-refractivity contribution < 1.29 is 19.1 Å². The number of benzene rings is 1. The minimum atomic E-state index is -1.08. The van der Waals surface area contributed by atoms with E-state index < -0.39 is 23.9 Å². The maximum absolute atomic E-state index is 12.9. The molecule has 1 aromatic carbocycles. The molecule has 2 amide bonds. The van der Waals surface area contributed by atoms with Gasteiger partial charge in [-0.25, -0.2) is 14.0 Å². The molecule has 20 heavy (non-hydrogen) atoms. The Balaban J connectivity index is 2.68. The number of carbonyl (C=O) groups excluding carboxylic acids is 1. The maximum atomic E-state index is 12.9. The van der Waals surface area contributed by atoms with Crippen LogP contribution in [0.2, 0.25) is 0 Å². The molecule has 0 aliphatic rings. The number of carbonyl (C=O) groups is 2. The van der Waals surface area contributed by atoms with Gasteiger partial charge in [-0.3, -0.25) is 0 Å². The van der Waals surface area contributed by atoms with E-state index in [-0.39, 0.29) is 5.92 Å². The van der Waals surface area contributed by atoms with Crippen LogP contribution in [0.1, 0.15) is 20.3 Å². The molecule has 0 radical (unpaired) electrons. The van der Waals surface area contributed by atoms with E-state index in [1.54, 1.807) is 0 Å². The van der Waals surface area contributed by atoms with Crippen molar-refractivity contribution in [3.05, 3.63) is 27.6 Å². The molecule has 1 rings (SSSR count). The van der Waals surface area contributed by atoms with Gasteiger partial charge in [-0.1, -0.05) is 13.8 Å². The highest BCUT2D eigenvalue weighted by atomic mass is 127. The average molecular weight is 394 g/mol. The summed E-state index contributed by atoms with van der Waals surface area (Å²) in [5.41, 5.74) is 0.429. The quantitative estimate of drug-likeness (QED) is 0.672. The van der Waals surface area contributed by atoms with E-state index >= 15 is 0 Å². The Morgan fingerprint density at radius 2 is 2.05 bits per heavy atom. The fourth-order valence-electron chi connectivity index (χ4n) is 1.60. The third-order valence-corrected chi connectivity index (χ3v) is 3.38. The van der Waals surface area contributed by atoms with Gasteiger partial charge in [-0.15, -0.1) is 0 Å². The van der Waals surface area contributed by atoms with Crippen LogP contribution < -0.4 is 10.6 Å². The van der Waals surface area contributed by atoms with Gasteiger partial charge in [0.1, 0.15) is 11.9 Å². The molecule has 110 valence electrons. The topological polar surface area (TPSA) is 78.4 Å². The van der Waals surface area contributed by atoms with Crippen LogP contribution in [0.15, 0.2) is 18.2 Å². The number of anilines is 1. The first-order chi connectivity index (χ1) is 9.29. The number of halogens is 2. The number of hydrogen-bond acceptors (Lipinski definition) is 2. The van der Waals surface area contributed by atoms with Gasteiger partial charge in [0.2, 0.25) is 0 Å². The van der Waals surface area contributed by atoms with Crippen LogP contribution in [0.4, 0.5) is 14.9 Å². The van der Waals surface area contributed by atoms with Crippen molar-refractivity contribution in [2.24, 2.45) is 5.92 Å². The number of carboxylic acids is 1. The third kappa shape index (κ3) is 5.32. The van der Waals surface area contributed by atoms with Crippen LogP contribution in [-0.4, -0.2) is 23.1 Å². The largest absolute Gasteiger partial charge is 0.480 e. The molecule has 0 saturated carbocycles. The normalized spacial score (nSPS) is 12.1. The minimum absolute atomic E-state index is 0.141. The number of aliphatic carboxylic acids is 1. The minimum Gasteiger partial charge on any atom is -0.480 e. The van der Waals surface area contributed by atoms with Crippen molar-refractivity contribution >= 4 is 40.3 Å². The number of nitrogens with one attached hydrogen (secondary N) is 2. The summed E-state index contributed by atoms with van der Waals surface area (Å²) >= 11 is 1.89. The second kappa shape index (κ2) is 7.41. The molecule has 7 heteroatoms. The van der Waals surface area contributed by atoms with Crippen LogP contribution in [0.3, 0.4) is 0 Å². The highest BCUT2D eigenvalue weighted by molar-refractivity contribution is 14.1. The van der Waals surface area contributed by atoms with Crippen LogP contribution in [-0.2, 0) is 4.79 Å². The van der Waals surface area contributed by atoms with E-state index in [0.717, 1.165) is 0 Å². The number of amides is 2. The summed E-state index contributed by atoms with van der Waals surface area (Å²) in [6.07, 6.45) is 0.337. The zero-order chi connectivity index (χ0) is 15.3. The predicted molar refractivity (Wildman–Crippen MR) is 82.2 cm³/mol. The van der Waals surface area contributed by atoms with Crippen molar-refractivity contribution in [1.29, 1.82) is 0 Å². The third-order valence-electron chi connectivity index (χ3n) is 2.49. The second-order valence-electron chi connectivity index (χ2n) is 4.74. The number of hydrogen-bond donors (Lipinski definition) is 3. The van der Waals surface area contributed by atoms with E-state index in [1.807, 2.05) is 36.4 Å². The van der Waals surface area contributed by atoms with Gasteiger partial charge in [0, 0.05) is 3.57 Å². The Hall–Kier alpha value is -1.38. The zero-order valence-corrected chi connectivity index (χ0v) is 13.3. The summed E-state index contributed by atoms with van der Waals surface area (Å²) in [5, 5.41) is 13.9. The lowest BCUT2D eigenvalue weighted by molar-refractivity contribution is -0.139. The molecule has 0 bridgehead atoms. The number of carboxylic acid groups (broad SMARTS) is 1. The molecule has 0 fully saturated rings. The second-order valence-corrected chi connectivity index (χ2v) is 5.91. The molecule has 5 nitrogen and oxygen atoms in total. The fraction of sp³-hybridized carbons (Fsp3) is 0.385. The van der Waals surface area contributed by atoms with Crippen molar-refractivity contribution in [1.82, 2.24) is 5.32 Å².